The molecule has 194 valence electrons. The number of alkyl halides is 3. The zero-order valence-corrected chi connectivity index (χ0v) is 20.4. The van der Waals surface area contributed by atoms with Gasteiger partial charge in [-0.1, -0.05) is 29.8 Å². The monoisotopic (exact) mass is 533 g/mol. The summed E-state index contributed by atoms with van der Waals surface area (Å²) in [6, 6.07) is 16.0. The smallest absolute Gasteiger partial charge is 0.416 e. The number of para-hydroxylation sites is 1. The van der Waals surface area contributed by atoms with Gasteiger partial charge >= 0.3 is 6.18 Å². The summed E-state index contributed by atoms with van der Waals surface area (Å²) in [4.78, 5) is 12.6. The summed E-state index contributed by atoms with van der Waals surface area (Å²) in [6.45, 7) is 0.280. The Hall–Kier alpha value is -3.53. The molecule has 2 N–H and O–H groups in total. The van der Waals surface area contributed by atoms with Crippen molar-refractivity contribution >= 4 is 22.6 Å². The maximum absolute atomic E-state index is 13.4. The standard InChI is InChI=1S/C27H23ClF3NO5/c1-35-19-8-5-16(6-9-19)13-32-14-18(33)15-36-24-11-17(27(29,30)31)7-10-21(24)25-12-23(34)20-3-2-4-22(28)26(20)37-25/h2-12,18,32-33H,13-15H2,1H3. The Balaban J connectivity index is 1.53. The average molecular weight is 534 g/mol. The van der Waals surface area contributed by atoms with E-state index in [1.807, 2.05) is 24.3 Å². The molecule has 0 saturated carbocycles. The molecule has 3 aromatic carbocycles. The Labute approximate surface area is 215 Å². The van der Waals surface area contributed by atoms with E-state index >= 15 is 0 Å². The van der Waals surface area contributed by atoms with Crippen LogP contribution in [0, 0.1) is 0 Å². The van der Waals surface area contributed by atoms with Crippen molar-refractivity contribution in [3.63, 3.8) is 0 Å². The average Bonchev–Trinajstić information content (AvgIpc) is 2.87. The quantitative estimate of drug-likeness (QED) is 0.288. The molecule has 1 atom stereocenters. The first-order valence-electron chi connectivity index (χ1n) is 11.2. The molecule has 6 nitrogen and oxygen atoms in total. The van der Waals surface area contributed by atoms with Crippen LogP contribution in [0.15, 0.2) is 75.9 Å². The van der Waals surface area contributed by atoms with E-state index in [1.54, 1.807) is 13.2 Å². The van der Waals surface area contributed by atoms with Crippen molar-refractivity contribution in [2.75, 3.05) is 20.3 Å². The second-order valence-electron chi connectivity index (χ2n) is 8.24. The maximum atomic E-state index is 13.4. The predicted molar refractivity (Wildman–Crippen MR) is 134 cm³/mol. The van der Waals surface area contributed by atoms with E-state index in [0.29, 0.717) is 6.54 Å². The van der Waals surface area contributed by atoms with Gasteiger partial charge in [-0.15, -0.1) is 0 Å². The van der Waals surface area contributed by atoms with Crippen LogP contribution in [-0.4, -0.2) is 31.5 Å². The van der Waals surface area contributed by atoms with Crippen LogP contribution >= 0.6 is 11.6 Å². The fourth-order valence-electron chi connectivity index (χ4n) is 3.67. The molecule has 4 aromatic rings. The van der Waals surface area contributed by atoms with Crippen LogP contribution in [0.2, 0.25) is 5.02 Å². The highest BCUT2D eigenvalue weighted by Crippen LogP contribution is 2.38. The molecule has 0 radical (unpaired) electrons. The highest BCUT2D eigenvalue weighted by atomic mass is 35.5. The molecule has 0 aliphatic heterocycles. The van der Waals surface area contributed by atoms with E-state index in [4.69, 9.17) is 25.5 Å². The number of benzene rings is 3. The Bertz CT molecular complexity index is 1440. The fraction of sp³-hybridized carbons (Fsp3) is 0.222. The van der Waals surface area contributed by atoms with Gasteiger partial charge in [0.1, 0.15) is 30.0 Å². The SMILES string of the molecule is COc1ccc(CNCC(O)COc2cc(C(F)(F)F)ccc2-c2cc(=O)c3cccc(Cl)c3o2)cc1. The summed E-state index contributed by atoms with van der Waals surface area (Å²) < 4.78 is 56.7. The van der Waals surface area contributed by atoms with Crippen LogP contribution in [0.5, 0.6) is 11.5 Å². The number of aliphatic hydroxyl groups is 1. The largest absolute Gasteiger partial charge is 0.497 e. The van der Waals surface area contributed by atoms with Crippen LogP contribution in [0.3, 0.4) is 0 Å². The van der Waals surface area contributed by atoms with Gasteiger partial charge in [0.25, 0.3) is 0 Å². The van der Waals surface area contributed by atoms with Gasteiger partial charge < -0.3 is 24.3 Å². The van der Waals surface area contributed by atoms with Gasteiger partial charge in [-0.3, -0.25) is 4.79 Å². The third kappa shape index (κ3) is 6.43. The van der Waals surface area contributed by atoms with Crippen LogP contribution in [0.1, 0.15) is 11.1 Å². The Kier molecular flexibility index (Phi) is 8.06. The van der Waals surface area contributed by atoms with Gasteiger partial charge in [-0.2, -0.15) is 13.2 Å². The molecule has 37 heavy (non-hydrogen) atoms. The molecule has 4 rings (SSSR count). The minimum Gasteiger partial charge on any atom is -0.497 e. The molecule has 0 bridgehead atoms. The molecule has 0 amide bonds. The number of rotatable bonds is 9. The lowest BCUT2D eigenvalue weighted by Gasteiger charge is -2.17. The first-order valence-corrected chi connectivity index (χ1v) is 11.6. The summed E-state index contributed by atoms with van der Waals surface area (Å²) >= 11 is 6.17. The molecule has 0 saturated heterocycles. The van der Waals surface area contributed by atoms with Crippen LogP contribution in [-0.2, 0) is 12.7 Å². The third-order valence-corrected chi connectivity index (χ3v) is 5.88. The lowest BCUT2D eigenvalue weighted by atomic mass is 10.1. The molecule has 0 spiro atoms. The van der Waals surface area contributed by atoms with Crippen molar-refractivity contribution in [2.24, 2.45) is 0 Å². The normalized spacial score (nSPS) is 12.5. The number of halogens is 4. The molecule has 1 unspecified atom stereocenters. The zero-order valence-electron chi connectivity index (χ0n) is 19.6. The topological polar surface area (TPSA) is 80.9 Å². The van der Waals surface area contributed by atoms with Crippen molar-refractivity contribution in [3.8, 4) is 22.8 Å². The maximum Gasteiger partial charge on any atom is 0.416 e. The number of methoxy groups -OCH3 is 1. The molecule has 10 heteroatoms. The number of fused-ring (bicyclic) bond motifs is 1. The van der Waals surface area contributed by atoms with Gasteiger partial charge in [-0.25, -0.2) is 0 Å². The highest BCUT2D eigenvalue weighted by Gasteiger charge is 2.32. The predicted octanol–water partition coefficient (Wildman–Crippen LogP) is 5.67. The molecule has 0 fully saturated rings. The summed E-state index contributed by atoms with van der Waals surface area (Å²) in [5.41, 5.74) is -0.170. The van der Waals surface area contributed by atoms with E-state index in [2.05, 4.69) is 5.32 Å². The van der Waals surface area contributed by atoms with Crippen molar-refractivity contribution in [1.29, 1.82) is 0 Å². The number of hydrogen-bond acceptors (Lipinski definition) is 6. The van der Waals surface area contributed by atoms with Crippen molar-refractivity contribution in [1.82, 2.24) is 5.32 Å². The van der Waals surface area contributed by atoms with Gasteiger partial charge in [0.2, 0.25) is 0 Å². The molecule has 0 aliphatic carbocycles. The number of nitrogens with one attached hydrogen (secondary N) is 1. The van der Waals surface area contributed by atoms with E-state index in [1.165, 1.54) is 18.2 Å². The first-order chi connectivity index (χ1) is 17.7. The summed E-state index contributed by atoms with van der Waals surface area (Å²) in [7, 11) is 1.57. The fourth-order valence-corrected chi connectivity index (χ4v) is 3.88. The molecular formula is C27H23ClF3NO5. The lowest BCUT2D eigenvalue weighted by molar-refractivity contribution is -0.137. The number of ether oxygens (including phenoxy) is 2. The van der Waals surface area contributed by atoms with Crippen LogP contribution in [0.4, 0.5) is 13.2 Å². The number of aliphatic hydroxyl groups excluding tert-OH is 1. The highest BCUT2D eigenvalue weighted by molar-refractivity contribution is 6.34. The van der Waals surface area contributed by atoms with Gasteiger partial charge in [-0.05, 0) is 48.0 Å². The third-order valence-electron chi connectivity index (χ3n) is 5.58. The van der Waals surface area contributed by atoms with Crippen molar-refractivity contribution in [2.45, 2.75) is 18.8 Å². The second kappa shape index (κ2) is 11.2. The molecule has 1 heterocycles. The van der Waals surface area contributed by atoms with Crippen LogP contribution in [0.25, 0.3) is 22.3 Å². The van der Waals surface area contributed by atoms with Gasteiger partial charge in [0.15, 0.2) is 11.0 Å². The van der Waals surface area contributed by atoms with E-state index in [0.717, 1.165) is 29.5 Å². The molecule has 1 aromatic heterocycles. The van der Waals surface area contributed by atoms with Crippen LogP contribution < -0.4 is 20.2 Å². The summed E-state index contributed by atoms with van der Waals surface area (Å²) in [6.07, 6.45) is -5.65. The first kappa shape index (κ1) is 26.5. The van der Waals surface area contributed by atoms with E-state index in [-0.39, 0.29) is 46.2 Å². The van der Waals surface area contributed by atoms with Gasteiger partial charge in [0, 0.05) is 19.2 Å². The van der Waals surface area contributed by atoms with E-state index < -0.39 is 23.3 Å². The zero-order chi connectivity index (χ0) is 26.6. The summed E-state index contributed by atoms with van der Waals surface area (Å²) in [5, 5.41) is 13.9. The number of hydrogen-bond donors (Lipinski definition) is 2. The Morgan fingerprint density at radius 2 is 1.84 bits per heavy atom. The minimum absolute atomic E-state index is 0.0126. The molecule has 0 aliphatic rings. The van der Waals surface area contributed by atoms with Crippen molar-refractivity contribution in [3.05, 3.63) is 93.1 Å². The summed E-state index contributed by atoms with van der Waals surface area (Å²) in [5.74, 6) is 0.513. The van der Waals surface area contributed by atoms with E-state index in [9.17, 15) is 23.1 Å². The lowest BCUT2D eigenvalue weighted by Crippen LogP contribution is -2.31. The minimum atomic E-state index is -4.62. The van der Waals surface area contributed by atoms with Crippen molar-refractivity contribution < 1.29 is 32.2 Å². The Morgan fingerprint density at radius 1 is 1.08 bits per heavy atom. The van der Waals surface area contributed by atoms with Gasteiger partial charge in [0.05, 0.1) is 28.6 Å². The molecular weight excluding hydrogens is 511 g/mol. The Morgan fingerprint density at radius 3 is 2.54 bits per heavy atom. The second-order valence-corrected chi connectivity index (χ2v) is 8.65.